The fraction of sp³-hybridized carbons (Fsp3) is 0.727. The van der Waals surface area contributed by atoms with Crippen molar-refractivity contribution in [1.29, 1.82) is 0 Å². The number of hydrogen-bond donors (Lipinski definition) is 1. The van der Waals surface area contributed by atoms with Crippen LogP contribution in [0.1, 0.15) is 26.2 Å². The average molecular weight is 262 g/mol. The van der Waals surface area contributed by atoms with Crippen molar-refractivity contribution in [3.05, 3.63) is 12.2 Å². The van der Waals surface area contributed by atoms with Gasteiger partial charge in [-0.2, -0.15) is 0 Å². The largest absolute Gasteiger partial charge is 0.503 e. The number of carboxylic acids is 1. The summed E-state index contributed by atoms with van der Waals surface area (Å²) in [6.07, 6.45) is 1.99. The quantitative estimate of drug-likeness (QED) is 0.509. The van der Waals surface area contributed by atoms with Crippen LogP contribution in [-0.4, -0.2) is 41.2 Å². The van der Waals surface area contributed by atoms with Gasteiger partial charge in [0.15, 0.2) is 0 Å². The highest BCUT2D eigenvalue weighted by molar-refractivity contribution is 6.62. The molecule has 0 aromatic heterocycles. The number of aliphatic carboxylic acids is 1. The zero-order chi connectivity index (χ0) is 13.5. The molecule has 1 N–H and O–H groups in total. The molecular weight excluding hydrogens is 240 g/mol. The second-order valence-corrected chi connectivity index (χ2v) is 7.34. The maximum Gasteiger partial charge on any atom is 0.503 e. The van der Waals surface area contributed by atoms with E-state index in [0.29, 0.717) is 6.42 Å². The maximum atomic E-state index is 10.6. The molecule has 0 bridgehead atoms. The SMILES string of the molecule is C=C(CCCC(C)[Si](OC)(OC)OC)C(=O)O. The first-order chi connectivity index (χ1) is 7.93. The summed E-state index contributed by atoms with van der Waals surface area (Å²) in [5.41, 5.74) is 0.362. The molecule has 100 valence electrons. The summed E-state index contributed by atoms with van der Waals surface area (Å²) in [5.74, 6) is -0.939. The van der Waals surface area contributed by atoms with Crippen LogP contribution in [0.5, 0.6) is 0 Å². The third kappa shape index (κ3) is 4.59. The van der Waals surface area contributed by atoms with Gasteiger partial charge in [-0.1, -0.05) is 13.5 Å². The lowest BCUT2D eigenvalue weighted by Gasteiger charge is -2.30. The van der Waals surface area contributed by atoms with E-state index >= 15 is 0 Å². The van der Waals surface area contributed by atoms with E-state index in [2.05, 4.69) is 6.58 Å². The lowest BCUT2D eigenvalue weighted by atomic mass is 10.1. The Kier molecular flexibility index (Phi) is 7.29. The van der Waals surface area contributed by atoms with Crippen molar-refractivity contribution in [2.24, 2.45) is 0 Å². The first-order valence-corrected chi connectivity index (χ1v) is 7.30. The molecule has 0 spiro atoms. The molecule has 0 aromatic carbocycles. The molecule has 0 saturated carbocycles. The summed E-state index contributed by atoms with van der Waals surface area (Å²) in [4.78, 5) is 10.6. The first kappa shape index (κ1) is 16.3. The Morgan fingerprint density at radius 3 is 2.12 bits per heavy atom. The standard InChI is InChI=1S/C11H22O5Si/c1-9(11(12)13)7-6-8-10(2)17(14-3,15-4)16-5/h10H,1,6-8H2,2-5H3,(H,12,13). The fourth-order valence-corrected chi connectivity index (χ4v) is 4.02. The van der Waals surface area contributed by atoms with Crippen molar-refractivity contribution < 1.29 is 23.2 Å². The molecule has 0 radical (unpaired) electrons. The summed E-state index contributed by atoms with van der Waals surface area (Å²) in [7, 11) is 2.13. The lowest BCUT2D eigenvalue weighted by Crippen LogP contribution is -2.46. The number of rotatable bonds is 9. The topological polar surface area (TPSA) is 65.0 Å². The van der Waals surface area contributed by atoms with Crippen LogP contribution in [0.4, 0.5) is 0 Å². The van der Waals surface area contributed by atoms with E-state index in [4.69, 9.17) is 18.4 Å². The number of carboxylic acid groups (broad SMARTS) is 1. The zero-order valence-corrected chi connectivity index (χ0v) is 12.0. The summed E-state index contributed by atoms with van der Waals surface area (Å²) in [5, 5.41) is 8.68. The minimum Gasteiger partial charge on any atom is -0.478 e. The Morgan fingerprint density at radius 1 is 1.29 bits per heavy atom. The summed E-state index contributed by atoms with van der Waals surface area (Å²) in [6, 6.07) is 0. The number of hydrogen-bond acceptors (Lipinski definition) is 4. The molecule has 0 aliphatic heterocycles. The zero-order valence-electron chi connectivity index (χ0n) is 11.0. The molecule has 0 amide bonds. The Hall–Kier alpha value is -0.693. The fourth-order valence-electron chi connectivity index (χ4n) is 1.76. The highest BCUT2D eigenvalue weighted by Crippen LogP contribution is 2.29. The highest BCUT2D eigenvalue weighted by Gasteiger charge is 2.43. The van der Waals surface area contributed by atoms with Crippen LogP contribution in [0.15, 0.2) is 12.2 Å². The van der Waals surface area contributed by atoms with Gasteiger partial charge in [-0.15, -0.1) is 0 Å². The van der Waals surface area contributed by atoms with Crippen LogP contribution in [0, 0.1) is 0 Å². The van der Waals surface area contributed by atoms with E-state index in [1.165, 1.54) is 0 Å². The van der Waals surface area contributed by atoms with Crippen LogP contribution in [0.25, 0.3) is 0 Å². The predicted octanol–water partition coefficient (Wildman–Crippen LogP) is 2.07. The van der Waals surface area contributed by atoms with E-state index in [1.807, 2.05) is 6.92 Å². The molecule has 1 unspecified atom stereocenters. The molecule has 0 aliphatic rings. The molecule has 0 fully saturated rings. The van der Waals surface area contributed by atoms with Crippen LogP contribution in [0.2, 0.25) is 5.54 Å². The molecule has 6 heteroatoms. The van der Waals surface area contributed by atoms with Crippen molar-refractivity contribution in [3.8, 4) is 0 Å². The Labute approximate surface area is 104 Å². The molecule has 1 atom stereocenters. The predicted molar refractivity (Wildman–Crippen MR) is 66.8 cm³/mol. The van der Waals surface area contributed by atoms with Gasteiger partial charge in [0.1, 0.15) is 0 Å². The number of carbonyl (C=O) groups is 1. The minimum absolute atomic E-state index is 0.129. The Bertz CT molecular complexity index is 254. The van der Waals surface area contributed by atoms with Crippen LogP contribution in [-0.2, 0) is 18.1 Å². The maximum absolute atomic E-state index is 10.6. The van der Waals surface area contributed by atoms with Crippen LogP contribution in [0.3, 0.4) is 0 Å². The van der Waals surface area contributed by atoms with Gasteiger partial charge in [-0.25, -0.2) is 4.79 Å². The van der Waals surface area contributed by atoms with Gasteiger partial charge < -0.3 is 18.4 Å². The third-order valence-corrected chi connectivity index (χ3v) is 6.08. The van der Waals surface area contributed by atoms with Gasteiger partial charge in [0.05, 0.1) is 0 Å². The Balaban J connectivity index is 4.20. The van der Waals surface area contributed by atoms with Gasteiger partial charge in [0.25, 0.3) is 0 Å². The van der Waals surface area contributed by atoms with Crippen LogP contribution >= 0.6 is 0 Å². The van der Waals surface area contributed by atoms with Gasteiger partial charge >= 0.3 is 14.8 Å². The third-order valence-electron chi connectivity index (χ3n) is 2.88. The molecule has 5 nitrogen and oxygen atoms in total. The van der Waals surface area contributed by atoms with Gasteiger partial charge in [0.2, 0.25) is 0 Å². The summed E-state index contributed by atoms with van der Waals surface area (Å²) < 4.78 is 16.1. The molecule has 0 aliphatic carbocycles. The average Bonchev–Trinajstić information content (AvgIpc) is 2.31. The normalized spacial score (nSPS) is 13.4. The van der Waals surface area contributed by atoms with E-state index in [1.54, 1.807) is 21.3 Å². The van der Waals surface area contributed by atoms with Crippen molar-refractivity contribution in [2.45, 2.75) is 31.7 Å². The molecule has 0 rings (SSSR count). The smallest absolute Gasteiger partial charge is 0.478 e. The molecule has 17 heavy (non-hydrogen) atoms. The second-order valence-electron chi connectivity index (χ2n) is 3.92. The minimum atomic E-state index is -2.60. The van der Waals surface area contributed by atoms with E-state index in [-0.39, 0.29) is 11.1 Å². The monoisotopic (exact) mass is 262 g/mol. The molecular formula is C11H22O5Si. The van der Waals surface area contributed by atoms with E-state index < -0.39 is 14.8 Å². The van der Waals surface area contributed by atoms with Crippen molar-refractivity contribution in [3.63, 3.8) is 0 Å². The highest BCUT2D eigenvalue weighted by atomic mass is 28.4. The van der Waals surface area contributed by atoms with Crippen molar-refractivity contribution in [1.82, 2.24) is 0 Å². The summed E-state index contributed by atoms with van der Waals surface area (Å²) in [6.45, 7) is 5.48. The van der Waals surface area contributed by atoms with E-state index in [0.717, 1.165) is 12.8 Å². The molecule has 0 saturated heterocycles. The van der Waals surface area contributed by atoms with Gasteiger partial charge in [0, 0.05) is 32.4 Å². The van der Waals surface area contributed by atoms with Gasteiger partial charge in [-0.05, 0) is 19.3 Å². The van der Waals surface area contributed by atoms with Crippen LogP contribution < -0.4 is 0 Å². The molecule has 0 heterocycles. The second kappa shape index (κ2) is 7.60. The first-order valence-electron chi connectivity index (χ1n) is 5.50. The Morgan fingerprint density at radius 2 is 1.76 bits per heavy atom. The van der Waals surface area contributed by atoms with Gasteiger partial charge in [-0.3, -0.25) is 0 Å². The lowest BCUT2D eigenvalue weighted by molar-refractivity contribution is -0.132. The summed E-state index contributed by atoms with van der Waals surface area (Å²) >= 11 is 0. The van der Waals surface area contributed by atoms with Crippen molar-refractivity contribution >= 4 is 14.8 Å². The molecule has 0 aromatic rings. The van der Waals surface area contributed by atoms with E-state index in [9.17, 15) is 4.79 Å². The van der Waals surface area contributed by atoms with Crippen molar-refractivity contribution in [2.75, 3.05) is 21.3 Å².